The number of rotatable bonds is 1. The van der Waals surface area contributed by atoms with Crippen molar-refractivity contribution in [3.8, 4) is 0 Å². The van der Waals surface area contributed by atoms with E-state index in [1.54, 1.807) is 0 Å². The molecule has 0 saturated heterocycles. The van der Waals surface area contributed by atoms with Crippen LogP contribution >= 0.6 is 0 Å². The van der Waals surface area contributed by atoms with Crippen LogP contribution < -0.4 is 0 Å². The van der Waals surface area contributed by atoms with Crippen molar-refractivity contribution in [2.24, 2.45) is 0 Å². The van der Waals surface area contributed by atoms with Gasteiger partial charge in [0, 0.05) is 21.9 Å². The fourth-order valence-electron chi connectivity index (χ4n) is 3.74. The van der Waals surface area contributed by atoms with Crippen molar-refractivity contribution < 1.29 is 9.21 Å². The van der Waals surface area contributed by atoms with Crippen LogP contribution in [-0.2, 0) is 0 Å². The lowest BCUT2D eigenvalue weighted by Crippen LogP contribution is -2.03. The maximum Gasteiger partial charge on any atom is 0.197 e. The van der Waals surface area contributed by atoms with E-state index < -0.39 is 0 Å². The summed E-state index contributed by atoms with van der Waals surface area (Å²) in [7, 11) is 0. The summed E-state index contributed by atoms with van der Waals surface area (Å²) >= 11 is 0. The minimum absolute atomic E-state index is 0.151. The summed E-state index contributed by atoms with van der Waals surface area (Å²) < 4.78 is 5.89. The van der Waals surface area contributed by atoms with Crippen LogP contribution in [0.5, 0.6) is 0 Å². The number of Topliss-reactive ketones (excluding diaryl/α,β-unsaturated/α-hetero) is 1. The molecule has 5 rings (SSSR count). The molecule has 2 aromatic heterocycles. The van der Waals surface area contributed by atoms with Crippen molar-refractivity contribution in [2.75, 3.05) is 0 Å². The molecule has 2 nitrogen and oxygen atoms in total. The Morgan fingerprint density at radius 2 is 1.81 bits per heavy atom. The summed E-state index contributed by atoms with van der Waals surface area (Å²) in [5, 5.41) is 2.18. The van der Waals surface area contributed by atoms with Crippen molar-refractivity contribution >= 4 is 33.8 Å². The molecule has 102 valence electrons. The lowest BCUT2D eigenvalue weighted by molar-refractivity contribution is 0.104. The summed E-state index contributed by atoms with van der Waals surface area (Å²) in [6.07, 6.45) is 8.82. The third-order valence-corrected chi connectivity index (χ3v) is 4.76. The van der Waals surface area contributed by atoms with Crippen LogP contribution in [-0.4, -0.2) is 5.78 Å². The molecule has 3 aromatic rings. The zero-order valence-corrected chi connectivity index (χ0v) is 11.6. The van der Waals surface area contributed by atoms with Gasteiger partial charge in [0.1, 0.15) is 11.2 Å². The molecular weight excluding hydrogens is 260 g/mol. The molecule has 2 aliphatic rings. The van der Waals surface area contributed by atoms with Gasteiger partial charge in [-0.05, 0) is 37.3 Å². The summed E-state index contributed by atoms with van der Waals surface area (Å²) in [6.45, 7) is 0. The van der Waals surface area contributed by atoms with Crippen LogP contribution in [0.2, 0.25) is 0 Å². The highest BCUT2D eigenvalue weighted by molar-refractivity contribution is 6.31. The van der Waals surface area contributed by atoms with Crippen molar-refractivity contribution in [3.05, 3.63) is 52.6 Å². The second-order valence-electron chi connectivity index (χ2n) is 5.96. The minimum Gasteiger partial charge on any atom is -0.455 e. The van der Waals surface area contributed by atoms with Gasteiger partial charge < -0.3 is 4.42 Å². The van der Waals surface area contributed by atoms with Gasteiger partial charge in [0.25, 0.3) is 0 Å². The predicted octanol–water partition coefficient (Wildman–Crippen LogP) is 5.10. The number of carbonyl (C=O) groups is 1. The van der Waals surface area contributed by atoms with Crippen LogP contribution in [0.3, 0.4) is 0 Å². The van der Waals surface area contributed by atoms with Crippen LogP contribution in [0, 0.1) is 0 Å². The molecule has 0 aliphatic heterocycles. The maximum absolute atomic E-state index is 12.8. The molecule has 0 N–H and O–H groups in total. The van der Waals surface area contributed by atoms with Gasteiger partial charge in [-0.25, -0.2) is 0 Å². The second kappa shape index (κ2) is 3.85. The smallest absolute Gasteiger partial charge is 0.197 e. The molecule has 0 atom stereocenters. The Morgan fingerprint density at radius 1 is 1.00 bits per heavy atom. The first kappa shape index (κ1) is 11.3. The molecule has 0 unspecified atom stereocenters. The molecule has 2 heterocycles. The predicted molar refractivity (Wildman–Crippen MR) is 83.8 cm³/mol. The normalized spacial score (nSPS) is 18.4. The van der Waals surface area contributed by atoms with Crippen molar-refractivity contribution in [2.45, 2.75) is 25.7 Å². The average Bonchev–Trinajstić information content (AvgIpc) is 3.18. The third kappa shape index (κ3) is 1.35. The number of carbonyl (C=O) groups excluding carboxylic acids is 1. The molecular formula is C19H14O2. The van der Waals surface area contributed by atoms with E-state index in [0.29, 0.717) is 0 Å². The molecule has 0 saturated carbocycles. The van der Waals surface area contributed by atoms with E-state index >= 15 is 0 Å². The first-order valence-corrected chi connectivity index (χ1v) is 7.57. The van der Waals surface area contributed by atoms with Crippen molar-refractivity contribution in [1.29, 1.82) is 0 Å². The quantitative estimate of drug-likeness (QED) is 0.617. The monoisotopic (exact) mass is 274 g/mol. The van der Waals surface area contributed by atoms with Gasteiger partial charge in [-0.3, -0.25) is 4.79 Å². The van der Waals surface area contributed by atoms with Crippen LogP contribution in [0.25, 0.3) is 28.0 Å². The number of hydrogen-bond donors (Lipinski definition) is 0. The molecule has 2 bridgehead atoms. The topological polar surface area (TPSA) is 30.2 Å². The van der Waals surface area contributed by atoms with E-state index in [-0.39, 0.29) is 5.78 Å². The summed E-state index contributed by atoms with van der Waals surface area (Å²) in [5.41, 5.74) is 5.54. The highest BCUT2D eigenvalue weighted by Crippen LogP contribution is 2.45. The Kier molecular flexibility index (Phi) is 2.08. The Labute approximate surface area is 122 Å². The minimum atomic E-state index is 0.151. The Balaban J connectivity index is 1.76. The largest absolute Gasteiger partial charge is 0.455 e. The first-order chi connectivity index (χ1) is 10.3. The van der Waals surface area contributed by atoms with Gasteiger partial charge in [-0.2, -0.15) is 0 Å². The van der Waals surface area contributed by atoms with E-state index in [0.717, 1.165) is 51.5 Å². The van der Waals surface area contributed by atoms with Crippen molar-refractivity contribution in [3.63, 3.8) is 0 Å². The lowest BCUT2D eigenvalue weighted by atomic mass is 9.92. The Morgan fingerprint density at radius 3 is 2.57 bits per heavy atom. The zero-order valence-electron chi connectivity index (χ0n) is 11.6. The summed E-state index contributed by atoms with van der Waals surface area (Å²) in [5.74, 6) is 0.151. The van der Waals surface area contributed by atoms with Crippen LogP contribution in [0.1, 0.15) is 41.6 Å². The van der Waals surface area contributed by atoms with Crippen LogP contribution in [0.4, 0.5) is 0 Å². The Bertz CT molecular complexity index is 953. The molecule has 0 radical (unpaired) electrons. The average molecular weight is 274 g/mol. The first-order valence-electron chi connectivity index (χ1n) is 7.57. The number of hydrogen-bond acceptors (Lipinski definition) is 2. The zero-order chi connectivity index (χ0) is 14.0. The summed E-state index contributed by atoms with van der Waals surface area (Å²) in [6, 6.07) is 8.11. The fraction of sp³-hybridized carbons (Fsp3) is 0.211. The van der Waals surface area contributed by atoms with E-state index in [9.17, 15) is 4.79 Å². The molecule has 1 aromatic carbocycles. The summed E-state index contributed by atoms with van der Waals surface area (Å²) in [4.78, 5) is 12.8. The van der Waals surface area contributed by atoms with Crippen molar-refractivity contribution in [1.82, 2.24) is 0 Å². The van der Waals surface area contributed by atoms with E-state index in [4.69, 9.17) is 4.42 Å². The van der Waals surface area contributed by atoms with E-state index in [1.807, 2.05) is 24.3 Å². The second-order valence-corrected chi connectivity index (χ2v) is 5.96. The number of furan rings is 2. The highest BCUT2D eigenvalue weighted by Gasteiger charge is 2.34. The molecule has 0 fully saturated rings. The highest BCUT2D eigenvalue weighted by atomic mass is 16.3. The molecule has 21 heavy (non-hydrogen) atoms. The van der Waals surface area contributed by atoms with Gasteiger partial charge in [0.15, 0.2) is 5.78 Å². The van der Waals surface area contributed by atoms with Gasteiger partial charge >= 0.3 is 0 Å². The van der Waals surface area contributed by atoms with Crippen LogP contribution in [0.15, 0.2) is 45.9 Å². The fourth-order valence-corrected chi connectivity index (χ4v) is 3.74. The number of benzene rings is 2. The number of allylic oxidation sites excluding steroid dienone is 3. The molecule has 2 aliphatic carbocycles. The lowest BCUT2D eigenvalue weighted by Gasteiger charge is -2.12. The van der Waals surface area contributed by atoms with Gasteiger partial charge in [0.05, 0.1) is 5.56 Å². The van der Waals surface area contributed by atoms with E-state index in [2.05, 4.69) is 12.1 Å². The maximum atomic E-state index is 12.8. The number of fused-ring (bicyclic) bond motifs is 8. The number of ketones is 1. The van der Waals surface area contributed by atoms with Gasteiger partial charge in [-0.1, -0.05) is 30.3 Å². The standard InChI is InChI=1S/C19H14O2/c20-17-14(11-6-2-1-3-7-11)10-15-16(17)19-13-9-5-4-8-12(13)18(15)21-19/h4-6,8-10H,1-3,7H2. The van der Waals surface area contributed by atoms with Gasteiger partial charge in [0.2, 0.25) is 0 Å². The Hall–Kier alpha value is -2.35. The third-order valence-electron chi connectivity index (χ3n) is 4.76. The molecule has 2 heteroatoms. The van der Waals surface area contributed by atoms with Gasteiger partial charge in [-0.15, -0.1) is 0 Å². The molecule has 0 amide bonds. The van der Waals surface area contributed by atoms with E-state index in [1.165, 1.54) is 18.4 Å². The molecule has 0 spiro atoms. The SMILES string of the molecule is O=C1C(C2=CCCCC2)=Cc2c1c1oc2c2ccccc12.